The highest BCUT2D eigenvalue weighted by Gasteiger charge is 2.37. The normalized spacial score (nSPS) is 32.4. The Morgan fingerprint density at radius 1 is 1.75 bits per heavy atom. The van der Waals surface area contributed by atoms with Gasteiger partial charge in [0.05, 0.1) is 6.42 Å². The number of allylic oxidation sites excluding steroid dienone is 1. The molecule has 68 valence electrons. The number of carbonyl (C=O) groups is 1. The number of rotatable bonds is 2. The van der Waals surface area contributed by atoms with Crippen LogP contribution in [-0.4, -0.2) is 34.5 Å². The van der Waals surface area contributed by atoms with Gasteiger partial charge in [-0.25, -0.2) is 0 Å². The van der Waals surface area contributed by atoms with Crippen molar-refractivity contribution in [1.29, 1.82) is 0 Å². The minimum Gasteiger partial charge on any atom is -0.456 e. The Kier molecular flexibility index (Phi) is 2.83. The molecule has 1 fully saturated rings. The maximum absolute atomic E-state index is 10.7. The van der Waals surface area contributed by atoms with E-state index in [9.17, 15) is 15.0 Å². The van der Waals surface area contributed by atoms with Gasteiger partial charge in [0.2, 0.25) is 0 Å². The Morgan fingerprint density at radius 2 is 2.42 bits per heavy atom. The molecule has 0 aliphatic carbocycles. The summed E-state index contributed by atoms with van der Waals surface area (Å²) < 4.78 is 4.70. The summed E-state index contributed by atoms with van der Waals surface area (Å²) in [5.74, 6) is -0.462. The van der Waals surface area contributed by atoms with Crippen molar-refractivity contribution < 1.29 is 19.7 Å². The number of hydrogen-bond donors (Lipinski definition) is 2. The van der Waals surface area contributed by atoms with E-state index in [1.807, 2.05) is 0 Å². The summed E-state index contributed by atoms with van der Waals surface area (Å²) in [6.07, 6.45) is 0.504. The lowest BCUT2D eigenvalue weighted by Crippen LogP contribution is -2.32. The molecule has 1 saturated heterocycles. The molecule has 0 aromatic heterocycles. The number of ether oxygens (including phenoxy) is 1. The maximum atomic E-state index is 10.7. The Hall–Kier alpha value is -0.870. The van der Waals surface area contributed by atoms with E-state index in [2.05, 4.69) is 0 Å². The van der Waals surface area contributed by atoms with Crippen LogP contribution in [0.25, 0.3) is 0 Å². The van der Waals surface area contributed by atoms with Crippen molar-refractivity contribution in [2.45, 2.75) is 31.7 Å². The maximum Gasteiger partial charge on any atom is 0.309 e. The van der Waals surface area contributed by atoms with Crippen LogP contribution in [0.2, 0.25) is 0 Å². The molecular formula is C8H12O4. The first-order valence-corrected chi connectivity index (χ1v) is 3.83. The standard InChI is InChI=1S/C8H12O4/c1-2-3-5(9)8-6(10)4-7(11)12-8/h2-3,5-6,8-10H,4H2,1H3/t5-,6+,8+/m0/s1. The second-order valence-corrected chi connectivity index (χ2v) is 2.74. The summed E-state index contributed by atoms with van der Waals surface area (Å²) in [5, 5.41) is 18.5. The summed E-state index contributed by atoms with van der Waals surface area (Å²) in [5.41, 5.74) is 0. The predicted octanol–water partition coefficient (Wildman–Crippen LogP) is -0.400. The van der Waals surface area contributed by atoms with Crippen molar-refractivity contribution in [2.75, 3.05) is 0 Å². The summed E-state index contributed by atoms with van der Waals surface area (Å²) >= 11 is 0. The Labute approximate surface area is 70.5 Å². The van der Waals surface area contributed by atoms with E-state index < -0.39 is 24.3 Å². The third-order valence-corrected chi connectivity index (χ3v) is 1.75. The van der Waals surface area contributed by atoms with Crippen LogP contribution in [-0.2, 0) is 9.53 Å². The Morgan fingerprint density at radius 3 is 2.83 bits per heavy atom. The molecule has 2 N–H and O–H groups in total. The molecule has 0 aromatic rings. The first-order valence-electron chi connectivity index (χ1n) is 3.83. The molecule has 12 heavy (non-hydrogen) atoms. The molecule has 0 saturated carbocycles. The van der Waals surface area contributed by atoms with Crippen LogP contribution in [0.5, 0.6) is 0 Å². The highest BCUT2D eigenvalue weighted by Crippen LogP contribution is 2.18. The lowest BCUT2D eigenvalue weighted by Gasteiger charge is -2.16. The molecule has 0 amide bonds. The van der Waals surface area contributed by atoms with E-state index in [-0.39, 0.29) is 6.42 Å². The van der Waals surface area contributed by atoms with Crippen molar-refractivity contribution in [1.82, 2.24) is 0 Å². The number of esters is 1. The van der Waals surface area contributed by atoms with Gasteiger partial charge in [-0.05, 0) is 6.92 Å². The van der Waals surface area contributed by atoms with Crippen LogP contribution in [0.3, 0.4) is 0 Å². The third-order valence-electron chi connectivity index (χ3n) is 1.75. The van der Waals surface area contributed by atoms with Gasteiger partial charge in [-0.2, -0.15) is 0 Å². The van der Waals surface area contributed by atoms with Gasteiger partial charge in [0.1, 0.15) is 12.2 Å². The number of aliphatic hydroxyl groups excluding tert-OH is 2. The number of aliphatic hydroxyl groups is 2. The van der Waals surface area contributed by atoms with Crippen molar-refractivity contribution >= 4 is 5.97 Å². The summed E-state index contributed by atoms with van der Waals surface area (Å²) in [6.45, 7) is 1.74. The van der Waals surface area contributed by atoms with E-state index in [1.54, 1.807) is 13.0 Å². The first kappa shape index (κ1) is 9.22. The molecule has 0 spiro atoms. The predicted molar refractivity (Wildman–Crippen MR) is 41.3 cm³/mol. The second-order valence-electron chi connectivity index (χ2n) is 2.74. The van der Waals surface area contributed by atoms with Crippen molar-refractivity contribution in [3.05, 3.63) is 12.2 Å². The van der Waals surface area contributed by atoms with Gasteiger partial charge < -0.3 is 14.9 Å². The van der Waals surface area contributed by atoms with Gasteiger partial charge in [0.15, 0.2) is 6.10 Å². The minimum absolute atomic E-state index is 0.0285. The van der Waals surface area contributed by atoms with Gasteiger partial charge in [-0.1, -0.05) is 12.2 Å². The number of hydrogen-bond acceptors (Lipinski definition) is 4. The molecule has 1 aliphatic rings. The Balaban J connectivity index is 2.57. The zero-order valence-electron chi connectivity index (χ0n) is 6.80. The van der Waals surface area contributed by atoms with Crippen LogP contribution in [0.1, 0.15) is 13.3 Å². The second kappa shape index (κ2) is 3.69. The number of carbonyl (C=O) groups excluding carboxylic acids is 1. The molecule has 3 atom stereocenters. The molecule has 1 heterocycles. The van der Waals surface area contributed by atoms with Crippen molar-refractivity contribution in [2.24, 2.45) is 0 Å². The molecule has 0 bridgehead atoms. The topological polar surface area (TPSA) is 66.8 Å². The van der Waals surface area contributed by atoms with Crippen LogP contribution in [0.15, 0.2) is 12.2 Å². The molecule has 1 aliphatic heterocycles. The van der Waals surface area contributed by atoms with E-state index in [0.717, 1.165) is 0 Å². The van der Waals surface area contributed by atoms with E-state index in [1.165, 1.54) is 6.08 Å². The van der Waals surface area contributed by atoms with Crippen molar-refractivity contribution in [3.8, 4) is 0 Å². The molecule has 4 nitrogen and oxygen atoms in total. The number of cyclic esters (lactones) is 1. The smallest absolute Gasteiger partial charge is 0.309 e. The lowest BCUT2D eigenvalue weighted by atomic mass is 10.1. The van der Waals surface area contributed by atoms with E-state index in [0.29, 0.717) is 0 Å². The summed E-state index contributed by atoms with van der Waals surface area (Å²) in [6, 6.07) is 0. The molecular weight excluding hydrogens is 160 g/mol. The van der Waals surface area contributed by atoms with Gasteiger partial charge >= 0.3 is 5.97 Å². The van der Waals surface area contributed by atoms with Gasteiger partial charge in [0.25, 0.3) is 0 Å². The van der Waals surface area contributed by atoms with Crippen LogP contribution >= 0.6 is 0 Å². The van der Waals surface area contributed by atoms with Crippen LogP contribution < -0.4 is 0 Å². The zero-order valence-corrected chi connectivity index (χ0v) is 6.80. The zero-order chi connectivity index (χ0) is 9.14. The summed E-state index contributed by atoms with van der Waals surface area (Å²) in [7, 11) is 0. The lowest BCUT2D eigenvalue weighted by molar-refractivity contribution is -0.145. The third kappa shape index (κ3) is 1.84. The molecule has 0 radical (unpaired) electrons. The van der Waals surface area contributed by atoms with E-state index in [4.69, 9.17) is 4.74 Å². The fourth-order valence-corrected chi connectivity index (χ4v) is 1.17. The first-order chi connectivity index (χ1) is 5.65. The average Bonchev–Trinajstić information content (AvgIpc) is 2.30. The minimum atomic E-state index is -0.906. The quantitative estimate of drug-likeness (QED) is 0.439. The fraction of sp³-hybridized carbons (Fsp3) is 0.625. The Bertz CT molecular complexity index is 199. The molecule has 1 rings (SSSR count). The molecule has 0 unspecified atom stereocenters. The largest absolute Gasteiger partial charge is 0.456 e. The van der Waals surface area contributed by atoms with Gasteiger partial charge in [-0.3, -0.25) is 4.79 Å². The monoisotopic (exact) mass is 172 g/mol. The van der Waals surface area contributed by atoms with Gasteiger partial charge in [-0.15, -0.1) is 0 Å². The highest BCUT2D eigenvalue weighted by atomic mass is 16.6. The fourth-order valence-electron chi connectivity index (χ4n) is 1.17. The molecule has 4 heteroatoms. The average molecular weight is 172 g/mol. The van der Waals surface area contributed by atoms with Crippen LogP contribution in [0, 0.1) is 0 Å². The SMILES string of the molecule is CC=C[C@H](O)[C@H]1OC(=O)C[C@H]1O. The van der Waals surface area contributed by atoms with Gasteiger partial charge in [0, 0.05) is 0 Å². The van der Waals surface area contributed by atoms with Crippen molar-refractivity contribution in [3.63, 3.8) is 0 Å². The highest BCUT2D eigenvalue weighted by molar-refractivity contribution is 5.72. The summed E-state index contributed by atoms with van der Waals surface area (Å²) in [4.78, 5) is 10.7. The van der Waals surface area contributed by atoms with E-state index >= 15 is 0 Å². The van der Waals surface area contributed by atoms with Crippen LogP contribution in [0.4, 0.5) is 0 Å². The molecule has 0 aromatic carbocycles.